The minimum absolute atomic E-state index is 0.218. The zero-order valence-corrected chi connectivity index (χ0v) is 12.7. The molecule has 0 fully saturated rings. The quantitative estimate of drug-likeness (QED) is 0.872. The van der Waals surface area contributed by atoms with Crippen molar-refractivity contribution in [2.45, 2.75) is 13.1 Å². The molecular weight excluding hydrogens is 335 g/mol. The van der Waals surface area contributed by atoms with E-state index in [4.69, 9.17) is 0 Å². The summed E-state index contributed by atoms with van der Waals surface area (Å²) < 4.78 is 40.7. The number of ether oxygens (including phenoxy) is 1. The smallest absolute Gasteiger partial charge is 0.362 e. The molecule has 10 heteroatoms. The van der Waals surface area contributed by atoms with Crippen LogP contribution in [0, 0.1) is 0 Å². The molecule has 23 heavy (non-hydrogen) atoms. The van der Waals surface area contributed by atoms with Gasteiger partial charge in [-0.2, -0.15) is 13.2 Å². The van der Waals surface area contributed by atoms with Gasteiger partial charge < -0.3 is 10.1 Å². The molecule has 1 aromatic heterocycles. The Morgan fingerprint density at radius 2 is 2.04 bits per heavy atom. The number of thiazole rings is 1. The van der Waals surface area contributed by atoms with E-state index < -0.39 is 25.3 Å². The first kappa shape index (κ1) is 17.2. The number of aromatic nitrogens is 1. The molecule has 0 saturated heterocycles. The van der Waals surface area contributed by atoms with E-state index in [1.807, 2.05) is 0 Å². The molecule has 2 N–H and O–H groups in total. The maximum absolute atomic E-state index is 11.9. The van der Waals surface area contributed by atoms with Crippen molar-refractivity contribution in [3.05, 3.63) is 18.2 Å². The Morgan fingerprint density at radius 1 is 1.30 bits per heavy atom. The van der Waals surface area contributed by atoms with Gasteiger partial charge in [0.2, 0.25) is 5.91 Å². The molecule has 2 amide bonds. The maximum atomic E-state index is 11.9. The number of nitrogens with zero attached hydrogens (tertiary/aromatic N) is 1. The zero-order chi connectivity index (χ0) is 17.0. The Labute approximate surface area is 132 Å². The van der Waals surface area contributed by atoms with Crippen molar-refractivity contribution >= 4 is 44.2 Å². The molecule has 0 radical (unpaired) electrons. The molecule has 0 atom stereocenters. The molecule has 6 nitrogen and oxygen atoms in total. The summed E-state index contributed by atoms with van der Waals surface area (Å²) in [5, 5.41) is 5.22. The Balaban J connectivity index is 1.97. The first-order chi connectivity index (χ1) is 10.7. The third-order valence-corrected chi connectivity index (χ3v) is 3.39. The average molecular weight is 347 g/mol. The fourth-order valence-corrected chi connectivity index (χ4v) is 2.60. The van der Waals surface area contributed by atoms with Crippen LogP contribution < -0.4 is 10.6 Å². The van der Waals surface area contributed by atoms with Gasteiger partial charge in [-0.3, -0.25) is 14.9 Å². The van der Waals surface area contributed by atoms with Crippen LogP contribution in [0.2, 0.25) is 0 Å². The molecule has 2 rings (SSSR count). The van der Waals surface area contributed by atoms with Crippen LogP contribution >= 0.6 is 11.3 Å². The summed E-state index contributed by atoms with van der Waals surface area (Å²) in [5.41, 5.74) is 1.18. The summed E-state index contributed by atoms with van der Waals surface area (Å²) in [5.74, 6) is -0.945. The van der Waals surface area contributed by atoms with E-state index in [1.54, 1.807) is 18.2 Å². The molecule has 0 aliphatic heterocycles. The lowest BCUT2D eigenvalue weighted by molar-refractivity contribution is -0.174. The highest BCUT2D eigenvalue weighted by atomic mass is 32.1. The van der Waals surface area contributed by atoms with Crippen molar-refractivity contribution in [2.75, 3.05) is 23.8 Å². The van der Waals surface area contributed by atoms with Crippen LogP contribution in [0.5, 0.6) is 0 Å². The third kappa shape index (κ3) is 5.49. The van der Waals surface area contributed by atoms with Crippen LogP contribution in [0.3, 0.4) is 0 Å². The Kier molecular flexibility index (Phi) is 5.16. The lowest BCUT2D eigenvalue weighted by Crippen LogP contribution is -2.23. The van der Waals surface area contributed by atoms with Crippen LogP contribution in [0.15, 0.2) is 18.2 Å². The predicted octanol–water partition coefficient (Wildman–Crippen LogP) is 2.77. The minimum Gasteiger partial charge on any atom is -0.362 e. The van der Waals surface area contributed by atoms with Gasteiger partial charge in [0.25, 0.3) is 5.91 Å². The first-order valence-corrected chi connectivity index (χ1v) is 7.17. The maximum Gasteiger partial charge on any atom is 0.411 e. The molecule has 0 saturated carbocycles. The van der Waals surface area contributed by atoms with Crippen LogP contribution in [0.25, 0.3) is 10.2 Å². The summed E-state index contributed by atoms with van der Waals surface area (Å²) in [4.78, 5) is 26.6. The standard InChI is InChI=1S/C13H12F3N3O3S/c1-7(20)17-8-2-3-9-10(4-8)23-12(18-9)19-11(21)5-22-6-13(14,15)16/h2-4H,5-6H2,1H3,(H,17,20)(H,18,19,21). The number of hydrogen-bond donors (Lipinski definition) is 2. The summed E-state index contributed by atoms with van der Waals surface area (Å²) in [7, 11) is 0. The van der Waals surface area contributed by atoms with Gasteiger partial charge in [-0.25, -0.2) is 4.98 Å². The third-order valence-electron chi connectivity index (χ3n) is 2.45. The van der Waals surface area contributed by atoms with Crippen molar-refractivity contribution in [3.63, 3.8) is 0 Å². The molecule has 124 valence electrons. The van der Waals surface area contributed by atoms with E-state index in [0.29, 0.717) is 15.9 Å². The van der Waals surface area contributed by atoms with Gasteiger partial charge in [0.05, 0.1) is 10.2 Å². The largest absolute Gasteiger partial charge is 0.411 e. The second kappa shape index (κ2) is 6.92. The SMILES string of the molecule is CC(=O)Nc1ccc2nc(NC(=O)COCC(F)(F)F)sc2c1. The van der Waals surface area contributed by atoms with Crippen molar-refractivity contribution in [1.82, 2.24) is 4.98 Å². The van der Waals surface area contributed by atoms with Gasteiger partial charge in [-0.15, -0.1) is 0 Å². The molecule has 0 aliphatic rings. The minimum atomic E-state index is -4.48. The first-order valence-electron chi connectivity index (χ1n) is 6.35. The predicted molar refractivity (Wildman–Crippen MR) is 79.4 cm³/mol. The van der Waals surface area contributed by atoms with Crippen LogP contribution in [0.4, 0.5) is 24.0 Å². The van der Waals surface area contributed by atoms with Crippen LogP contribution in [-0.2, 0) is 14.3 Å². The lowest BCUT2D eigenvalue weighted by atomic mass is 10.3. The number of amides is 2. The molecule has 1 aromatic carbocycles. The molecule has 0 aliphatic carbocycles. The number of fused-ring (bicyclic) bond motifs is 1. The normalized spacial score (nSPS) is 11.5. The number of carbonyl (C=O) groups excluding carboxylic acids is 2. The fourth-order valence-electron chi connectivity index (χ4n) is 1.67. The lowest BCUT2D eigenvalue weighted by Gasteiger charge is -2.06. The van der Waals surface area contributed by atoms with E-state index in [0.717, 1.165) is 11.3 Å². The Hall–Kier alpha value is -2.20. The van der Waals surface area contributed by atoms with Gasteiger partial charge in [0, 0.05) is 12.6 Å². The Bertz CT molecular complexity index is 730. The molecule has 0 spiro atoms. The van der Waals surface area contributed by atoms with Gasteiger partial charge in [0.15, 0.2) is 5.13 Å². The van der Waals surface area contributed by atoms with E-state index in [2.05, 4.69) is 20.4 Å². The van der Waals surface area contributed by atoms with Crippen molar-refractivity contribution in [1.29, 1.82) is 0 Å². The number of anilines is 2. The van der Waals surface area contributed by atoms with Crippen molar-refractivity contribution in [2.24, 2.45) is 0 Å². The van der Waals surface area contributed by atoms with E-state index >= 15 is 0 Å². The summed E-state index contributed by atoms with van der Waals surface area (Å²) in [6, 6.07) is 5.00. The van der Waals surface area contributed by atoms with E-state index in [9.17, 15) is 22.8 Å². The monoisotopic (exact) mass is 347 g/mol. The molecular formula is C13H12F3N3O3S. The number of benzene rings is 1. The number of rotatable bonds is 5. The summed E-state index contributed by atoms with van der Waals surface area (Å²) in [6.07, 6.45) is -4.48. The summed E-state index contributed by atoms with van der Waals surface area (Å²) >= 11 is 1.13. The van der Waals surface area contributed by atoms with Gasteiger partial charge in [-0.05, 0) is 18.2 Å². The molecule has 2 aromatic rings. The highest BCUT2D eigenvalue weighted by molar-refractivity contribution is 7.22. The zero-order valence-electron chi connectivity index (χ0n) is 11.9. The van der Waals surface area contributed by atoms with Crippen LogP contribution in [0.1, 0.15) is 6.92 Å². The average Bonchev–Trinajstić information content (AvgIpc) is 2.77. The second-order valence-electron chi connectivity index (χ2n) is 4.54. The fraction of sp³-hybridized carbons (Fsp3) is 0.308. The second-order valence-corrected chi connectivity index (χ2v) is 5.57. The number of carbonyl (C=O) groups is 2. The number of nitrogens with one attached hydrogen (secondary N) is 2. The number of halogens is 3. The van der Waals surface area contributed by atoms with Gasteiger partial charge >= 0.3 is 6.18 Å². The number of hydrogen-bond acceptors (Lipinski definition) is 5. The topological polar surface area (TPSA) is 80.3 Å². The van der Waals surface area contributed by atoms with E-state index in [1.165, 1.54) is 6.92 Å². The number of alkyl halides is 3. The summed E-state index contributed by atoms with van der Waals surface area (Å²) in [6.45, 7) is -0.823. The van der Waals surface area contributed by atoms with Gasteiger partial charge in [-0.1, -0.05) is 11.3 Å². The Morgan fingerprint density at radius 3 is 2.70 bits per heavy atom. The molecule has 1 heterocycles. The van der Waals surface area contributed by atoms with Crippen molar-refractivity contribution in [3.8, 4) is 0 Å². The highest BCUT2D eigenvalue weighted by Gasteiger charge is 2.27. The van der Waals surface area contributed by atoms with Crippen LogP contribution in [-0.4, -0.2) is 36.2 Å². The van der Waals surface area contributed by atoms with Crippen molar-refractivity contribution < 1.29 is 27.5 Å². The van der Waals surface area contributed by atoms with E-state index in [-0.39, 0.29) is 11.0 Å². The molecule has 0 bridgehead atoms. The molecule has 0 unspecified atom stereocenters. The highest BCUT2D eigenvalue weighted by Crippen LogP contribution is 2.28. The van der Waals surface area contributed by atoms with Gasteiger partial charge in [0.1, 0.15) is 13.2 Å².